The molecule has 4 aromatic rings. The van der Waals surface area contributed by atoms with Crippen LogP contribution in [-0.4, -0.2) is 31.7 Å². The fourth-order valence-corrected chi connectivity index (χ4v) is 3.37. The third kappa shape index (κ3) is 2.88. The number of imidazole rings is 1. The maximum absolute atomic E-state index is 4.48. The number of H-pyrrole nitrogens is 2. The SMILES string of the molecule is CCNCc1cncc(-c2ccc3[nH]nc(-c4ncc[nH]4)c3c2)c1CC. The van der Waals surface area contributed by atoms with Crippen LogP contribution in [0.25, 0.3) is 33.5 Å². The first kappa shape index (κ1) is 16.5. The van der Waals surface area contributed by atoms with Gasteiger partial charge in [0.15, 0.2) is 5.82 Å². The van der Waals surface area contributed by atoms with Crippen molar-refractivity contribution in [2.45, 2.75) is 26.8 Å². The summed E-state index contributed by atoms with van der Waals surface area (Å²) in [6.45, 7) is 6.10. The van der Waals surface area contributed by atoms with Gasteiger partial charge in [0.05, 0.1) is 5.52 Å². The molecular weight excluding hydrogens is 324 g/mol. The molecule has 132 valence electrons. The normalized spacial score (nSPS) is 11.3. The molecule has 0 amide bonds. The van der Waals surface area contributed by atoms with Crippen LogP contribution in [0.4, 0.5) is 0 Å². The van der Waals surface area contributed by atoms with Gasteiger partial charge < -0.3 is 10.3 Å². The van der Waals surface area contributed by atoms with Crippen LogP contribution in [0.15, 0.2) is 43.0 Å². The van der Waals surface area contributed by atoms with Gasteiger partial charge in [0.25, 0.3) is 0 Å². The number of nitrogens with one attached hydrogen (secondary N) is 3. The molecule has 0 bridgehead atoms. The van der Waals surface area contributed by atoms with Gasteiger partial charge in [-0.25, -0.2) is 4.98 Å². The fraction of sp³-hybridized carbons (Fsp3) is 0.250. The van der Waals surface area contributed by atoms with Crippen LogP contribution in [-0.2, 0) is 13.0 Å². The molecule has 6 heteroatoms. The fourth-order valence-electron chi connectivity index (χ4n) is 3.37. The van der Waals surface area contributed by atoms with Gasteiger partial charge in [-0.15, -0.1) is 0 Å². The van der Waals surface area contributed by atoms with E-state index in [-0.39, 0.29) is 0 Å². The largest absolute Gasteiger partial charge is 0.343 e. The second-order valence-electron chi connectivity index (χ2n) is 6.23. The van der Waals surface area contributed by atoms with Crippen LogP contribution in [0, 0.1) is 0 Å². The van der Waals surface area contributed by atoms with Crippen molar-refractivity contribution in [2.75, 3.05) is 6.54 Å². The van der Waals surface area contributed by atoms with Crippen molar-refractivity contribution in [1.82, 2.24) is 30.5 Å². The molecule has 0 unspecified atom stereocenters. The summed E-state index contributed by atoms with van der Waals surface area (Å²) in [5.74, 6) is 0.767. The lowest BCUT2D eigenvalue weighted by Crippen LogP contribution is -2.14. The molecule has 0 aliphatic heterocycles. The van der Waals surface area contributed by atoms with Gasteiger partial charge >= 0.3 is 0 Å². The molecular formula is C20H22N6. The predicted molar refractivity (Wildman–Crippen MR) is 104 cm³/mol. The summed E-state index contributed by atoms with van der Waals surface area (Å²) in [7, 11) is 0. The molecule has 3 aromatic heterocycles. The van der Waals surface area contributed by atoms with Crippen LogP contribution in [0.2, 0.25) is 0 Å². The summed E-state index contributed by atoms with van der Waals surface area (Å²) in [5, 5.41) is 12.0. The van der Waals surface area contributed by atoms with E-state index < -0.39 is 0 Å². The van der Waals surface area contributed by atoms with Gasteiger partial charge in [0.2, 0.25) is 0 Å². The highest BCUT2D eigenvalue weighted by Gasteiger charge is 2.14. The molecule has 1 aromatic carbocycles. The van der Waals surface area contributed by atoms with Gasteiger partial charge in [0.1, 0.15) is 5.69 Å². The Labute approximate surface area is 152 Å². The zero-order chi connectivity index (χ0) is 17.9. The van der Waals surface area contributed by atoms with Crippen LogP contribution in [0.5, 0.6) is 0 Å². The average molecular weight is 346 g/mol. The van der Waals surface area contributed by atoms with Crippen LogP contribution < -0.4 is 5.32 Å². The van der Waals surface area contributed by atoms with Crippen molar-refractivity contribution in [3.05, 3.63) is 54.1 Å². The van der Waals surface area contributed by atoms with Crippen molar-refractivity contribution in [3.8, 4) is 22.6 Å². The molecule has 0 radical (unpaired) electrons. The summed E-state index contributed by atoms with van der Waals surface area (Å²) >= 11 is 0. The van der Waals surface area contributed by atoms with Crippen LogP contribution in [0.3, 0.4) is 0 Å². The van der Waals surface area contributed by atoms with Crippen LogP contribution >= 0.6 is 0 Å². The summed E-state index contributed by atoms with van der Waals surface area (Å²) < 4.78 is 0. The van der Waals surface area contributed by atoms with Crippen molar-refractivity contribution in [1.29, 1.82) is 0 Å². The van der Waals surface area contributed by atoms with E-state index in [1.54, 1.807) is 6.20 Å². The zero-order valence-electron chi connectivity index (χ0n) is 15.0. The Morgan fingerprint density at radius 3 is 2.85 bits per heavy atom. The Hall–Kier alpha value is -2.99. The zero-order valence-corrected chi connectivity index (χ0v) is 15.0. The maximum atomic E-state index is 4.48. The first-order valence-corrected chi connectivity index (χ1v) is 8.96. The molecule has 4 rings (SSSR count). The Morgan fingerprint density at radius 1 is 1.15 bits per heavy atom. The number of aromatic nitrogens is 5. The first-order chi connectivity index (χ1) is 12.8. The number of rotatable bonds is 6. The molecule has 6 nitrogen and oxygen atoms in total. The van der Waals surface area contributed by atoms with Crippen LogP contribution in [0.1, 0.15) is 25.0 Å². The molecule has 0 saturated carbocycles. The van der Waals surface area contributed by atoms with Gasteiger partial charge in [-0.3, -0.25) is 10.1 Å². The molecule has 0 fully saturated rings. The molecule has 0 spiro atoms. The van der Waals surface area contributed by atoms with Crippen molar-refractivity contribution in [3.63, 3.8) is 0 Å². The lowest BCUT2D eigenvalue weighted by atomic mass is 9.95. The quantitative estimate of drug-likeness (QED) is 0.497. The van der Waals surface area contributed by atoms with E-state index >= 15 is 0 Å². The third-order valence-electron chi connectivity index (χ3n) is 4.66. The molecule has 26 heavy (non-hydrogen) atoms. The van der Waals surface area contributed by atoms with Crippen molar-refractivity contribution in [2.24, 2.45) is 0 Å². The van der Waals surface area contributed by atoms with E-state index in [9.17, 15) is 0 Å². The third-order valence-corrected chi connectivity index (χ3v) is 4.66. The Bertz CT molecular complexity index is 1020. The Balaban J connectivity index is 1.83. The topological polar surface area (TPSA) is 82.3 Å². The Kier molecular flexibility index (Phi) is 4.50. The summed E-state index contributed by atoms with van der Waals surface area (Å²) in [5.41, 5.74) is 6.75. The van der Waals surface area contributed by atoms with Gasteiger partial charge in [0, 0.05) is 42.3 Å². The highest BCUT2D eigenvalue weighted by molar-refractivity contribution is 5.94. The summed E-state index contributed by atoms with van der Waals surface area (Å²) in [6.07, 6.45) is 8.44. The standard InChI is InChI=1S/C20H22N6/c1-3-15-14(10-21-4-2)11-22-12-17(15)13-5-6-18-16(9-13)19(26-25-18)20-23-7-8-24-20/h5-9,11-12,21H,3-4,10H2,1-2H3,(H,23,24)(H,25,26). The second-order valence-corrected chi connectivity index (χ2v) is 6.23. The molecule has 3 N–H and O–H groups in total. The minimum Gasteiger partial charge on any atom is -0.343 e. The molecule has 0 aliphatic rings. The number of nitrogens with zero attached hydrogens (tertiary/aromatic N) is 3. The first-order valence-electron chi connectivity index (χ1n) is 8.96. The number of fused-ring (bicyclic) bond motifs is 1. The molecule has 0 atom stereocenters. The summed E-state index contributed by atoms with van der Waals surface area (Å²) in [4.78, 5) is 11.9. The number of benzene rings is 1. The van der Waals surface area contributed by atoms with E-state index in [2.05, 4.69) is 62.5 Å². The monoisotopic (exact) mass is 346 g/mol. The smallest absolute Gasteiger partial charge is 0.158 e. The highest BCUT2D eigenvalue weighted by Crippen LogP contribution is 2.31. The van der Waals surface area contributed by atoms with Gasteiger partial charge in [-0.05, 0) is 41.8 Å². The number of hydrogen-bond donors (Lipinski definition) is 3. The maximum Gasteiger partial charge on any atom is 0.158 e. The van der Waals surface area contributed by atoms with Gasteiger partial charge in [-0.2, -0.15) is 5.10 Å². The number of hydrogen-bond acceptors (Lipinski definition) is 4. The van der Waals surface area contributed by atoms with E-state index in [0.29, 0.717) is 0 Å². The molecule has 3 heterocycles. The van der Waals surface area contributed by atoms with E-state index in [1.807, 2.05) is 18.6 Å². The lowest BCUT2D eigenvalue weighted by molar-refractivity contribution is 0.718. The van der Waals surface area contributed by atoms with Gasteiger partial charge in [-0.1, -0.05) is 19.9 Å². The second kappa shape index (κ2) is 7.09. The van der Waals surface area contributed by atoms with E-state index in [0.717, 1.165) is 47.5 Å². The number of aromatic amines is 2. The van der Waals surface area contributed by atoms with E-state index in [1.165, 1.54) is 16.7 Å². The lowest BCUT2D eigenvalue weighted by Gasteiger charge is -2.13. The predicted octanol–water partition coefficient (Wildman–Crippen LogP) is 3.69. The minimum atomic E-state index is 0.767. The minimum absolute atomic E-state index is 0.767. The van der Waals surface area contributed by atoms with E-state index in [4.69, 9.17) is 0 Å². The average Bonchev–Trinajstić information content (AvgIpc) is 3.34. The van der Waals surface area contributed by atoms with Crippen molar-refractivity contribution < 1.29 is 0 Å². The summed E-state index contributed by atoms with van der Waals surface area (Å²) in [6, 6.07) is 6.37. The highest BCUT2D eigenvalue weighted by atomic mass is 15.1. The van der Waals surface area contributed by atoms with Crippen molar-refractivity contribution >= 4 is 10.9 Å². The Morgan fingerprint density at radius 2 is 2.08 bits per heavy atom. The molecule has 0 aliphatic carbocycles. The molecule has 0 saturated heterocycles. The number of pyridine rings is 1.